The topological polar surface area (TPSA) is 71.6 Å². The zero-order valence-corrected chi connectivity index (χ0v) is 15.6. The fraction of sp³-hybridized carbons (Fsp3) is 0.611. The number of carbonyl (C=O) groups is 1. The molecule has 0 aromatic carbocycles. The minimum absolute atomic E-state index is 0.0565. The molecule has 2 aromatic heterocycles. The lowest BCUT2D eigenvalue weighted by atomic mass is 10.0. The lowest BCUT2D eigenvalue weighted by Gasteiger charge is -2.31. The van der Waals surface area contributed by atoms with Crippen LogP contribution in [-0.2, 0) is 11.3 Å². The fourth-order valence-electron chi connectivity index (χ4n) is 3.17. The second-order valence-corrected chi connectivity index (χ2v) is 6.49. The number of aryl methyl sites for hydroxylation is 1. The Morgan fingerprint density at radius 1 is 1.28 bits per heavy atom. The van der Waals surface area contributed by atoms with Gasteiger partial charge in [-0.1, -0.05) is 33.8 Å². The standard InChI is InChI=1S/C18H29N5O2/c1-5-21(6-2)16(14(3)4)17(24)19-11-9-13-23-18(25)22-12-8-7-10-15(22)20-23/h7-8,10,12,14,16H,5-6,9,11,13H2,1-4H3,(H,19,24)/t16-/m0/s1. The number of pyridine rings is 1. The average Bonchev–Trinajstić information content (AvgIpc) is 2.92. The molecule has 0 aliphatic heterocycles. The summed E-state index contributed by atoms with van der Waals surface area (Å²) < 4.78 is 2.97. The summed E-state index contributed by atoms with van der Waals surface area (Å²) in [6.07, 6.45) is 2.37. The molecule has 0 aliphatic carbocycles. The summed E-state index contributed by atoms with van der Waals surface area (Å²) in [5, 5.41) is 7.30. The predicted octanol–water partition coefficient (Wildman–Crippen LogP) is 1.37. The summed E-state index contributed by atoms with van der Waals surface area (Å²) in [6.45, 7) is 11.0. The van der Waals surface area contributed by atoms with Gasteiger partial charge in [-0.25, -0.2) is 9.48 Å². The summed E-state index contributed by atoms with van der Waals surface area (Å²) in [6, 6.07) is 5.34. The van der Waals surface area contributed by atoms with Crippen molar-refractivity contribution in [2.75, 3.05) is 19.6 Å². The van der Waals surface area contributed by atoms with Crippen molar-refractivity contribution in [1.82, 2.24) is 24.4 Å². The predicted molar refractivity (Wildman–Crippen MR) is 98.6 cm³/mol. The van der Waals surface area contributed by atoms with E-state index >= 15 is 0 Å². The molecule has 0 saturated carbocycles. The highest BCUT2D eigenvalue weighted by Gasteiger charge is 2.26. The van der Waals surface area contributed by atoms with Gasteiger partial charge in [0.15, 0.2) is 5.65 Å². The molecule has 1 atom stereocenters. The maximum absolute atomic E-state index is 12.5. The smallest absolute Gasteiger partial charge is 0.350 e. The van der Waals surface area contributed by atoms with Gasteiger partial charge in [-0.15, -0.1) is 5.10 Å². The monoisotopic (exact) mass is 347 g/mol. The van der Waals surface area contributed by atoms with Crippen molar-refractivity contribution in [1.29, 1.82) is 0 Å². The normalized spacial score (nSPS) is 12.9. The number of fused-ring (bicyclic) bond motifs is 1. The number of nitrogens with zero attached hydrogens (tertiary/aromatic N) is 4. The van der Waals surface area contributed by atoms with E-state index in [-0.39, 0.29) is 23.6 Å². The number of carbonyl (C=O) groups excluding carboxylic acids is 1. The van der Waals surface area contributed by atoms with E-state index in [9.17, 15) is 9.59 Å². The quantitative estimate of drug-likeness (QED) is 0.696. The fourth-order valence-corrected chi connectivity index (χ4v) is 3.17. The van der Waals surface area contributed by atoms with E-state index in [0.29, 0.717) is 25.2 Å². The van der Waals surface area contributed by atoms with Crippen LogP contribution in [0.25, 0.3) is 5.65 Å². The largest absolute Gasteiger partial charge is 0.355 e. The molecule has 7 heteroatoms. The van der Waals surface area contributed by atoms with Gasteiger partial charge < -0.3 is 5.32 Å². The van der Waals surface area contributed by atoms with Crippen LogP contribution in [0.4, 0.5) is 0 Å². The van der Waals surface area contributed by atoms with Crippen molar-refractivity contribution in [2.24, 2.45) is 5.92 Å². The van der Waals surface area contributed by atoms with Crippen molar-refractivity contribution in [3.8, 4) is 0 Å². The van der Waals surface area contributed by atoms with Gasteiger partial charge in [0, 0.05) is 19.3 Å². The van der Waals surface area contributed by atoms with Crippen LogP contribution in [0.3, 0.4) is 0 Å². The van der Waals surface area contributed by atoms with E-state index in [1.807, 2.05) is 6.07 Å². The van der Waals surface area contributed by atoms with Crippen LogP contribution >= 0.6 is 0 Å². The van der Waals surface area contributed by atoms with Crippen molar-refractivity contribution in [3.63, 3.8) is 0 Å². The Bertz CT molecular complexity index is 745. The van der Waals surface area contributed by atoms with E-state index in [1.54, 1.807) is 18.3 Å². The van der Waals surface area contributed by atoms with Gasteiger partial charge in [-0.05, 0) is 37.6 Å². The summed E-state index contributed by atoms with van der Waals surface area (Å²) in [7, 11) is 0. The van der Waals surface area contributed by atoms with Gasteiger partial charge >= 0.3 is 5.69 Å². The lowest BCUT2D eigenvalue weighted by molar-refractivity contribution is -0.127. The number of hydrogen-bond donors (Lipinski definition) is 1. The molecule has 1 N–H and O–H groups in total. The van der Waals surface area contributed by atoms with Gasteiger partial charge in [0.1, 0.15) is 0 Å². The van der Waals surface area contributed by atoms with Crippen LogP contribution in [0.5, 0.6) is 0 Å². The number of likely N-dealkylation sites (N-methyl/N-ethyl adjacent to an activating group) is 1. The number of rotatable bonds is 9. The van der Waals surface area contributed by atoms with Gasteiger partial charge in [0.05, 0.1) is 6.04 Å². The highest BCUT2D eigenvalue weighted by atomic mass is 16.2. The van der Waals surface area contributed by atoms with Crippen LogP contribution in [0, 0.1) is 5.92 Å². The molecular formula is C18H29N5O2. The Hall–Kier alpha value is -2.15. The van der Waals surface area contributed by atoms with Crippen molar-refractivity contribution in [3.05, 3.63) is 34.9 Å². The Morgan fingerprint density at radius 2 is 2.00 bits per heavy atom. The maximum Gasteiger partial charge on any atom is 0.350 e. The van der Waals surface area contributed by atoms with Crippen LogP contribution in [0.15, 0.2) is 29.2 Å². The third-order valence-corrected chi connectivity index (χ3v) is 4.44. The first kappa shape index (κ1) is 19.2. The molecule has 2 aromatic rings. The van der Waals surface area contributed by atoms with Crippen LogP contribution in [0.2, 0.25) is 0 Å². The molecular weight excluding hydrogens is 318 g/mol. The molecule has 1 amide bonds. The molecule has 0 aliphatic rings. The second kappa shape index (κ2) is 8.80. The lowest BCUT2D eigenvalue weighted by Crippen LogP contribution is -2.50. The Kier molecular flexibility index (Phi) is 6.75. The second-order valence-electron chi connectivity index (χ2n) is 6.49. The summed E-state index contributed by atoms with van der Waals surface area (Å²) in [5.74, 6) is 0.307. The van der Waals surface area contributed by atoms with Crippen molar-refractivity contribution in [2.45, 2.75) is 46.7 Å². The molecule has 138 valence electrons. The van der Waals surface area contributed by atoms with E-state index in [4.69, 9.17) is 0 Å². The maximum atomic E-state index is 12.5. The van der Waals surface area contributed by atoms with Gasteiger partial charge in [0.2, 0.25) is 5.91 Å². The van der Waals surface area contributed by atoms with E-state index in [1.165, 1.54) is 9.08 Å². The van der Waals surface area contributed by atoms with Gasteiger partial charge in [-0.3, -0.25) is 14.1 Å². The van der Waals surface area contributed by atoms with Gasteiger partial charge in [-0.2, -0.15) is 0 Å². The first-order valence-corrected chi connectivity index (χ1v) is 9.05. The van der Waals surface area contributed by atoms with Gasteiger partial charge in [0.25, 0.3) is 0 Å². The zero-order valence-electron chi connectivity index (χ0n) is 15.6. The zero-order chi connectivity index (χ0) is 18.4. The van der Waals surface area contributed by atoms with Crippen LogP contribution in [0.1, 0.15) is 34.1 Å². The molecule has 2 rings (SSSR count). The van der Waals surface area contributed by atoms with E-state index < -0.39 is 0 Å². The number of amides is 1. The summed E-state index contributed by atoms with van der Waals surface area (Å²) in [4.78, 5) is 26.9. The molecule has 0 unspecified atom stereocenters. The minimum Gasteiger partial charge on any atom is -0.355 e. The van der Waals surface area contributed by atoms with Crippen molar-refractivity contribution < 1.29 is 4.79 Å². The van der Waals surface area contributed by atoms with Crippen molar-refractivity contribution >= 4 is 11.6 Å². The van der Waals surface area contributed by atoms with E-state index in [0.717, 1.165) is 13.1 Å². The molecule has 0 radical (unpaired) electrons. The molecule has 0 bridgehead atoms. The van der Waals surface area contributed by atoms with E-state index in [2.05, 4.69) is 43.0 Å². The molecule has 7 nitrogen and oxygen atoms in total. The summed E-state index contributed by atoms with van der Waals surface area (Å²) >= 11 is 0. The Balaban J connectivity index is 1.90. The molecule has 2 heterocycles. The number of aromatic nitrogens is 3. The first-order chi connectivity index (χ1) is 12.0. The molecule has 25 heavy (non-hydrogen) atoms. The first-order valence-electron chi connectivity index (χ1n) is 9.05. The number of hydrogen-bond acceptors (Lipinski definition) is 4. The third kappa shape index (κ3) is 4.48. The van der Waals surface area contributed by atoms with Crippen LogP contribution < -0.4 is 11.0 Å². The molecule has 0 fully saturated rings. The number of nitrogens with one attached hydrogen (secondary N) is 1. The third-order valence-electron chi connectivity index (χ3n) is 4.44. The minimum atomic E-state index is -0.148. The molecule has 0 spiro atoms. The average molecular weight is 347 g/mol. The summed E-state index contributed by atoms with van der Waals surface area (Å²) in [5.41, 5.74) is 0.489. The molecule has 0 saturated heterocycles. The van der Waals surface area contributed by atoms with Crippen LogP contribution in [-0.4, -0.2) is 50.7 Å². The Morgan fingerprint density at radius 3 is 2.60 bits per heavy atom. The Labute approximate surface area is 148 Å². The SMILES string of the molecule is CCN(CC)[C@H](C(=O)NCCCn1nc2ccccn2c1=O)C(C)C. The highest BCUT2D eigenvalue weighted by molar-refractivity contribution is 5.82. The highest BCUT2D eigenvalue weighted by Crippen LogP contribution is 2.10.